The fourth-order valence-corrected chi connectivity index (χ4v) is 5.71. The molecule has 8 heteroatoms. The second-order valence-corrected chi connectivity index (χ2v) is 10.3. The summed E-state index contributed by atoms with van der Waals surface area (Å²) >= 11 is 3.57. The van der Waals surface area contributed by atoms with Crippen molar-refractivity contribution in [2.45, 2.75) is 20.5 Å². The molecule has 0 unspecified atom stereocenters. The number of ether oxygens (including phenoxy) is 2. The minimum atomic E-state index is -0.0850. The van der Waals surface area contributed by atoms with Gasteiger partial charge < -0.3 is 9.47 Å². The van der Waals surface area contributed by atoms with Gasteiger partial charge in [0.25, 0.3) is 5.56 Å². The van der Waals surface area contributed by atoms with E-state index in [2.05, 4.69) is 33.6 Å². The third-order valence-corrected chi connectivity index (χ3v) is 7.68. The summed E-state index contributed by atoms with van der Waals surface area (Å²) in [6.45, 7) is 4.33. The smallest absolute Gasteiger partial charge is 0.274 e. The van der Waals surface area contributed by atoms with Gasteiger partial charge in [-0.1, -0.05) is 29.5 Å². The Morgan fingerprint density at radius 3 is 2.71 bits per heavy atom. The number of rotatable bonds is 5. The highest BCUT2D eigenvalue weighted by atomic mass is 127. The SMILES string of the molecule is COc1cc(/C=c2\sc3nc4cc(C)c(C)cc4n3c2=O)cc(I)c1OCc1ccccc1C#N. The molecule has 3 aromatic carbocycles. The summed E-state index contributed by atoms with van der Waals surface area (Å²) in [5.41, 5.74) is 6.07. The maximum atomic E-state index is 13.2. The second kappa shape index (κ2) is 9.32. The Kier molecular flexibility index (Phi) is 6.21. The Labute approximate surface area is 219 Å². The van der Waals surface area contributed by atoms with Crippen molar-refractivity contribution in [3.8, 4) is 17.6 Å². The summed E-state index contributed by atoms with van der Waals surface area (Å²) in [5.74, 6) is 1.15. The molecule has 2 aromatic heterocycles. The molecule has 0 aliphatic rings. The first kappa shape index (κ1) is 23.3. The number of benzene rings is 3. The predicted molar refractivity (Wildman–Crippen MR) is 146 cm³/mol. The summed E-state index contributed by atoms with van der Waals surface area (Å²) in [5, 5.41) is 9.32. The van der Waals surface area contributed by atoms with Gasteiger partial charge in [-0.3, -0.25) is 4.79 Å². The standard InChI is InChI=1S/C27H20IN3O3S/c1-15-8-21-22(9-16(15)2)31-26(32)24(35-27(31)30-21)12-17-10-20(28)25(23(11-17)33-3)34-14-19-7-5-4-6-18(19)13-29/h4-12H,14H2,1-3H3/b24-12-. The van der Waals surface area contributed by atoms with E-state index in [9.17, 15) is 10.1 Å². The molecule has 0 fully saturated rings. The number of aromatic nitrogens is 2. The molecule has 5 rings (SSSR count). The van der Waals surface area contributed by atoms with E-state index in [-0.39, 0.29) is 12.2 Å². The van der Waals surface area contributed by atoms with Gasteiger partial charge in [-0.2, -0.15) is 5.26 Å². The Morgan fingerprint density at radius 2 is 1.94 bits per heavy atom. The van der Waals surface area contributed by atoms with Crippen LogP contribution in [0.25, 0.3) is 22.1 Å². The number of methoxy groups -OCH3 is 1. The van der Waals surface area contributed by atoms with Gasteiger partial charge in [0.15, 0.2) is 16.5 Å². The van der Waals surface area contributed by atoms with Gasteiger partial charge in [0.05, 0.1) is 37.9 Å². The summed E-state index contributed by atoms with van der Waals surface area (Å²) in [6.07, 6.45) is 1.86. The van der Waals surface area contributed by atoms with Crippen molar-refractivity contribution in [1.29, 1.82) is 5.26 Å². The van der Waals surface area contributed by atoms with Gasteiger partial charge in [0.2, 0.25) is 0 Å². The lowest BCUT2D eigenvalue weighted by molar-refractivity contribution is 0.282. The molecule has 0 atom stereocenters. The van der Waals surface area contributed by atoms with Crippen LogP contribution in [0, 0.1) is 28.7 Å². The molecule has 0 aliphatic carbocycles. The van der Waals surface area contributed by atoms with Crippen LogP contribution in [0.2, 0.25) is 0 Å². The minimum absolute atomic E-state index is 0.0850. The van der Waals surface area contributed by atoms with Crippen molar-refractivity contribution < 1.29 is 9.47 Å². The lowest BCUT2D eigenvalue weighted by atomic mass is 10.1. The van der Waals surface area contributed by atoms with Gasteiger partial charge in [0, 0.05) is 5.56 Å². The van der Waals surface area contributed by atoms with Gasteiger partial charge in [-0.15, -0.1) is 0 Å². The van der Waals surface area contributed by atoms with Crippen molar-refractivity contribution in [2.24, 2.45) is 0 Å². The molecule has 0 spiro atoms. The van der Waals surface area contributed by atoms with Crippen molar-refractivity contribution in [3.63, 3.8) is 0 Å². The fraction of sp³-hybridized carbons (Fsp3) is 0.148. The van der Waals surface area contributed by atoms with Crippen LogP contribution in [0.5, 0.6) is 11.5 Å². The molecule has 0 amide bonds. The summed E-state index contributed by atoms with van der Waals surface area (Å²) in [7, 11) is 1.58. The van der Waals surface area contributed by atoms with Gasteiger partial charge >= 0.3 is 0 Å². The van der Waals surface area contributed by atoms with Crippen LogP contribution in [0.4, 0.5) is 0 Å². The third kappa shape index (κ3) is 4.26. The highest BCUT2D eigenvalue weighted by Gasteiger charge is 2.15. The fourth-order valence-electron chi connectivity index (χ4n) is 3.94. The lowest BCUT2D eigenvalue weighted by Crippen LogP contribution is -2.22. The molecule has 0 saturated carbocycles. The van der Waals surface area contributed by atoms with Gasteiger partial charge in [-0.25, -0.2) is 9.38 Å². The van der Waals surface area contributed by atoms with Crippen molar-refractivity contribution in [3.05, 3.63) is 94.8 Å². The number of nitriles is 1. The number of nitrogens with zero attached hydrogens (tertiary/aromatic N) is 3. The maximum Gasteiger partial charge on any atom is 0.274 e. The number of fused-ring (bicyclic) bond motifs is 3. The molecule has 5 aromatic rings. The molecule has 0 N–H and O–H groups in total. The molecule has 0 saturated heterocycles. The normalized spacial score (nSPS) is 11.8. The number of aryl methyl sites for hydroxylation is 2. The molecule has 0 radical (unpaired) electrons. The monoisotopic (exact) mass is 593 g/mol. The zero-order valence-electron chi connectivity index (χ0n) is 19.3. The van der Waals surface area contributed by atoms with Crippen LogP contribution < -0.4 is 19.6 Å². The van der Waals surface area contributed by atoms with E-state index >= 15 is 0 Å². The number of hydrogen-bond acceptors (Lipinski definition) is 6. The van der Waals surface area contributed by atoms with Crippen LogP contribution in [-0.4, -0.2) is 16.5 Å². The highest BCUT2D eigenvalue weighted by Crippen LogP contribution is 2.35. The second-order valence-electron chi connectivity index (χ2n) is 8.16. The number of thiazole rings is 1. The lowest BCUT2D eigenvalue weighted by Gasteiger charge is -2.14. The van der Waals surface area contributed by atoms with Crippen LogP contribution in [0.3, 0.4) is 0 Å². The first-order chi connectivity index (χ1) is 16.9. The predicted octanol–water partition coefficient (Wildman–Crippen LogP) is 5.14. The first-order valence-corrected chi connectivity index (χ1v) is 12.7. The van der Waals surface area contributed by atoms with Crippen LogP contribution in [-0.2, 0) is 6.61 Å². The van der Waals surface area contributed by atoms with Gasteiger partial charge in [-0.05, 0) is 89.5 Å². The number of imidazole rings is 1. The number of halogens is 1. The Balaban J connectivity index is 1.53. The Hall–Kier alpha value is -3.42. The molecule has 174 valence electrons. The molecule has 0 bridgehead atoms. The molecule has 0 aliphatic heterocycles. The van der Waals surface area contributed by atoms with Crippen molar-refractivity contribution >= 4 is 56.0 Å². The van der Waals surface area contributed by atoms with E-state index in [1.54, 1.807) is 17.6 Å². The summed E-state index contributed by atoms with van der Waals surface area (Å²) < 4.78 is 14.8. The molecule has 35 heavy (non-hydrogen) atoms. The summed E-state index contributed by atoms with van der Waals surface area (Å²) in [4.78, 5) is 18.6. The third-order valence-electron chi connectivity index (χ3n) is 5.91. The Morgan fingerprint density at radius 1 is 1.17 bits per heavy atom. The van der Waals surface area contributed by atoms with E-state index in [1.165, 1.54) is 11.3 Å². The van der Waals surface area contributed by atoms with E-state index in [0.29, 0.717) is 26.6 Å². The van der Waals surface area contributed by atoms with Crippen LogP contribution in [0.1, 0.15) is 27.8 Å². The maximum absolute atomic E-state index is 13.2. The highest BCUT2D eigenvalue weighted by molar-refractivity contribution is 14.1. The van der Waals surface area contributed by atoms with Gasteiger partial charge in [0.1, 0.15) is 6.61 Å². The van der Waals surface area contributed by atoms with Crippen molar-refractivity contribution in [1.82, 2.24) is 9.38 Å². The molecule has 2 heterocycles. The quantitative estimate of drug-likeness (QED) is 0.264. The molecule has 6 nitrogen and oxygen atoms in total. The number of hydrogen-bond donors (Lipinski definition) is 0. The summed E-state index contributed by atoms with van der Waals surface area (Å²) in [6, 6.07) is 17.4. The molecular weight excluding hydrogens is 573 g/mol. The average molecular weight is 593 g/mol. The largest absolute Gasteiger partial charge is 0.493 e. The first-order valence-electron chi connectivity index (χ1n) is 10.8. The van der Waals surface area contributed by atoms with E-state index < -0.39 is 0 Å². The molecular formula is C27H20IN3O3S. The van der Waals surface area contributed by atoms with E-state index in [1.807, 2.05) is 62.4 Å². The van der Waals surface area contributed by atoms with Crippen LogP contribution in [0.15, 0.2) is 53.3 Å². The zero-order chi connectivity index (χ0) is 24.7. The van der Waals surface area contributed by atoms with Crippen molar-refractivity contribution in [2.75, 3.05) is 7.11 Å². The Bertz CT molecular complexity index is 1770. The van der Waals surface area contributed by atoms with Crippen LogP contribution >= 0.6 is 33.9 Å². The van der Waals surface area contributed by atoms with E-state index in [4.69, 9.17) is 9.47 Å². The topological polar surface area (TPSA) is 76.6 Å². The zero-order valence-corrected chi connectivity index (χ0v) is 22.2. The van der Waals surface area contributed by atoms with E-state index in [0.717, 1.165) is 36.9 Å². The minimum Gasteiger partial charge on any atom is -0.493 e. The average Bonchev–Trinajstić information content (AvgIpc) is 3.33.